The highest BCUT2D eigenvalue weighted by Gasteiger charge is 2.19. The zero-order valence-electron chi connectivity index (χ0n) is 10.2. The normalized spacial score (nSPS) is 14.7. The van der Waals surface area contributed by atoms with Crippen LogP contribution in [0.3, 0.4) is 0 Å². The predicted molar refractivity (Wildman–Crippen MR) is 74.1 cm³/mol. The molecule has 1 aliphatic heterocycles. The van der Waals surface area contributed by atoms with Crippen LogP contribution < -0.4 is 10.2 Å². The number of amides is 1. The van der Waals surface area contributed by atoms with Crippen LogP contribution in [0.1, 0.15) is 12.0 Å². The van der Waals surface area contributed by atoms with Gasteiger partial charge in [-0.2, -0.15) is 22.1 Å². The van der Waals surface area contributed by atoms with E-state index in [1.54, 1.807) is 6.07 Å². The molecule has 19 heavy (non-hydrogen) atoms. The molecule has 0 radical (unpaired) electrons. The van der Waals surface area contributed by atoms with Crippen LogP contribution in [0, 0.1) is 11.3 Å². The van der Waals surface area contributed by atoms with Crippen LogP contribution in [-0.2, 0) is 4.79 Å². The maximum Gasteiger partial charge on any atom is 0.254 e. The molecule has 1 N–H and O–H groups in total. The Morgan fingerprint density at radius 3 is 3.16 bits per heavy atom. The van der Waals surface area contributed by atoms with Crippen molar-refractivity contribution in [3.63, 3.8) is 0 Å². The molecular weight excluding hydrogens is 262 g/mol. The van der Waals surface area contributed by atoms with Gasteiger partial charge >= 0.3 is 0 Å². The van der Waals surface area contributed by atoms with E-state index in [0.717, 1.165) is 22.8 Å². The summed E-state index contributed by atoms with van der Waals surface area (Å²) in [5.41, 5.74) is 3.11. The summed E-state index contributed by atoms with van der Waals surface area (Å²) in [4.78, 5) is 11.0. The maximum atomic E-state index is 11.0. The lowest BCUT2D eigenvalue weighted by Crippen LogP contribution is -2.31. The number of nitrogens with one attached hydrogen (secondary N) is 1. The summed E-state index contributed by atoms with van der Waals surface area (Å²) < 4.78 is 5.74. The Labute approximate surface area is 115 Å². The first kappa shape index (κ1) is 13.4. The van der Waals surface area contributed by atoms with Crippen molar-refractivity contribution >= 4 is 23.9 Å². The van der Waals surface area contributed by atoms with Crippen LogP contribution in [0.25, 0.3) is 0 Å². The third-order valence-electron chi connectivity index (χ3n) is 2.41. The van der Waals surface area contributed by atoms with Crippen molar-refractivity contribution in [1.29, 1.82) is 5.26 Å². The Balaban J connectivity index is 1.89. The number of hydrogen-bond donors (Lipinski definition) is 1. The smallest absolute Gasteiger partial charge is 0.254 e. The van der Waals surface area contributed by atoms with Crippen molar-refractivity contribution in [3.05, 3.63) is 29.8 Å². The summed E-state index contributed by atoms with van der Waals surface area (Å²) in [6.07, 6.45) is 1.63. The third-order valence-corrected chi connectivity index (χ3v) is 3.63. The molecule has 0 atom stereocenters. The quantitative estimate of drug-likeness (QED) is 0.653. The van der Waals surface area contributed by atoms with Gasteiger partial charge in [-0.1, -0.05) is 12.1 Å². The van der Waals surface area contributed by atoms with E-state index in [-0.39, 0.29) is 6.42 Å². The van der Waals surface area contributed by atoms with Crippen LogP contribution in [0.2, 0.25) is 0 Å². The van der Waals surface area contributed by atoms with Gasteiger partial charge in [0, 0.05) is 11.5 Å². The molecule has 0 aliphatic carbocycles. The third kappa shape index (κ3) is 4.30. The van der Waals surface area contributed by atoms with Crippen LogP contribution in [0.15, 0.2) is 29.4 Å². The summed E-state index contributed by atoms with van der Waals surface area (Å²) >= 11 is 1.87. The standard InChI is InChI=1S/C13H13N3O2S/c14-5-4-13(17)16-15-7-10-2-1-3-11(6-10)18-12-8-19-9-12/h1-3,6-7,12H,4,8-9H2,(H,16,17). The molecule has 1 saturated heterocycles. The number of ether oxygens (including phenoxy) is 1. The van der Waals surface area contributed by atoms with Gasteiger partial charge in [0.1, 0.15) is 18.3 Å². The topological polar surface area (TPSA) is 74.5 Å². The fraction of sp³-hybridized carbons (Fsp3) is 0.308. The summed E-state index contributed by atoms with van der Waals surface area (Å²) in [6, 6.07) is 9.25. The molecular formula is C13H13N3O2S. The summed E-state index contributed by atoms with van der Waals surface area (Å²) in [5, 5.41) is 12.1. The first-order valence-corrected chi connectivity index (χ1v) is 6.97. The molecule has 1 heterocycles. The number of nitriles is 1. The molecule has 1 aliphatic rings. The van der Waals surface area contributed by atoms with Gasteiger partial charge < -0.3 is 4.74 Å². The lowest BCUT2D eigenvalue weighted by atomic mass is 10.2. The molecule has 1 amide bonds. The van der Waals surface area contributed by atoms with Crippen molar-refractivity contribution in [1.82, 2.24) is 5.43 Å². The average molecular weight is 275 g/mol. The Morgan fingerprint density at radius 1 is 1.63 bits per heavy atom. The van der Waals surface area contributed by atoms with Gasteiger partial charge in [-0.25, -0.2) is 5.43 Å². The summed E-state index contributed by atoms with van der Waals surface area (Å²) in [5.74, 6) is 2.45. The van der Waals surface area contributed by atoms with Gasteiger partial charge in [0.2, 0.25) is 0 Å². The minimum atomic E-state index is -0.419. The minimum Gasteiger partial charge on any atom is -0.489 e. The second kappa shape index (κ2) is 6.81. The highest BCUT2D eigenvalue weighted by atomic mass is 32.2. The Kier molecular flexibility index (Phi) is 4.81. The van der Waals surface area contributed by atoms with Crippen molar-refractivity contribution in [2.75, 3.05) is 11.5 Å². The Hall–Kier alpha value is -2.00. The van der Waals surface area contributed by atoms with E-state index >= 15 is 0 Å². The molecule has 0 aromatic heterocycles. The van der Waals surface area contributed by atoms with Crippen molar-refractivity contribution in [3.8, 4) is 11.8 Å². The maximum absolute atomic E-state index is 11.0. The van der Waals surface area contributed by atoms with Crippen molar-refractivity contribution < 1.29 is 9.53 Å². The second-order valence-corrected chi connectivity index (χ2v) is 5.05. The number of benzene rings is 1. The number of rotatable bonds is 5. The summed E-state index contributed by atoms with van der Waals surface area (Å²) in [6.45, 7) is 0. The van der Waals surface area contributed by atoms with Crippen LogP contribution in [0.5, 0.6) is 5.75 Å². The van der Waals surface area contributed by atoms with E-state index < -0.39 is 5.91 Å². The molecule has 6 heteroatoms. The first-order chi connectivity index (χ1) is 9.28. The molecule has 0 unspecified atom stereocenters. The van der Waals surface area contributed by atoms with Crippen molar-refractivity contribution in [2.45, 2.75) is 12.5 Å². The Bertz CT molecular complexity index is 521. The molecule has 0 spiro atoms. The molecule has 1 aromatic carbocycles. The minimum absolute atomic E-state index is 0.195. The first-order valence-electron chi connectivity index (χ1n) is 5.81. The van der Waals surface area contributed by atoms with Gasteiger partial charge in [0.15, 0.2) is 0 Å². The number of hydrazone groups is 1. The highest BCUT2D eigenvalue weighted by molar-refractivity contribution is 8.00. The molecule has 1 fully saturated rings. The van der Waals surface area contributed by atoms with E-state index in [4.69, 9.17) is 10.00 Å². The monoisotopic (exact) mass is 275 g/mol. The van der Waals surface area contributed by atoms with E-state index in [9.17, 15) is 4.79 Å². The molecule has 0 bridgehead atoms. The lowest BCUT2D eigenvalue weighted by molar-refractivity contribution is -0.120. The van der Waals surface area contributed by atoms with Crippen LogP contribution in [0.4, 0.5) is 0 Å². The van der Waals surface area contributed by atoms with E-state index in [1.807, 2.05) is 36.0 Å². The summed E-state index contributed by atoms with van der Waals surface area (Å²) in [7, 11) is 0. The fourth-order valence-corrected chi connectivity index (χ4v) is 2.00. The van der Waals surface area contributed by atoms with Gasteiger partial charge in [-0.15, -0.1) is 0 Å². The number of carbonyl (C=O) groups is 1. The molecule has 98 valence electrons. The van der Waals surface area contributed by atoms with Gasteiger partial charge in [0.25, 0.3) is 5.91 Å². The molecule has 2 rings (SSSR count). The second-order valence-electron chi connectivity index (χ2n) is 3.98. The SMILES string of the molecule is N#CCC(=O)NN=Cc1cccc(OC2CSC2)c1. The molecule has 5 nitrogen and oxygen atoms in total. The number of nitrogens with zero attached hydrogens (tertiary/aromatic N) is 2. The molecule has 0 saturated carbocycles. The van der Waals surface area contributed by atoms with Gasteiger partial charge in [-0.3, -0.25) is 4.79 Å². The van der Waals surface area contributed by atoms with Crippen LogP contribution >= 0.6 is 11.8 Å². The van der Waals surface area contributed by atoms with E-state index in [2.05, 4.69) is 10.5 Å². The fourth-order valence-electron chi connectivity index (χ4n) is 1.43. The zero-order valence-corrected chi connectivity index (χ0v) is 11.0. The largest absolute Gasteiger partial charge is 0.489 e. The highest BCUT2D eigenvalue weighted by Crippen LogP contribution is 2.24. The Morgan fingerprint density at radius 2 is 2.47 bits per heavy atom. The average Bonchev–Trinajstić information content (AvgIpc) is 2.35. The lowest BCUT2D eigenvalue weighted by Gasteiger charge is -2.25. The predicted octanol–water partition coefficient (Wildman–Crippen LogP) is 1.54. The van der Waals surface area contributed by atoms with Crippen LogP contribution in [-0.4, -0.2) is 29.7 Å². The van der Waals surface area contributed by atoms with Gasteiger partial charge in [0.05, 0.1) is 12.3 Å². The molecule has 1 aromatic rings. The zero-order chi connectivity index (χ0) is 13.5. The number of thioether (sulfide) groups is 1. The van der Waals surface area contributed by atoms with E-state index in [0.29, 0.717) is 6.10 Å². The number of hydrogen-bond acceptors (Lipinski definition) is 5. The van der Waals surface area contributed by atoms with Gasteiger partial charge in [-0.05, 0) is 17.7 Å². The van der Waals surface area contributed by atoms with Crippen molar-refractivity contribution in [2.24, 2.45) is 5.10 Å². The number of carbonyl (C=O) groups excluding carboxylic acids is 1. The van der Waals surface area contributed by atoms with E-state index in [1.165, 1.54) is 6.21 Å².